The van der Waals surface area contributed by atoms with Gasteiger partial charge in [0.05, 0.1) is 12.7 Å². The van der Waals surface area contributed by atoms with Crippen LogP contribution in [0, 0.1) is 5.92 Å². The monoisotopic (exact) mass is 260 g/mol. The van der Waals surface area contributed by atoms with Crippen molar-refractivity contribution in [2.45, 2.75) is 37.8 Å². The lowest BCUT2D eigenvalue weighted by molar-refractivity contribution is 0.0763. The molecule has 4 heteroatoms. The number of ketones is 1. The number of rotatable bonds is 3. The maximum Gasteiger partial charge on any atom is 0.224 e. The topological polar surface area (TPSA) is 42.4 Å². The van der Waals surface area contributed by atoms with Gasteiger partial charge in [-0.1, -0.05) is 0 Å². The number of aromatic nitrogens is 1. The zero-order chi connectivity index (χ0) is 13.4. The van der Waals surface area contributed by atoms with Crippen LogP contribution in [0.4, 0.5) is 0 Å². The average molecular weight is 260 g/mol. The maximum atomic E-state index is 12.7. The number of nitrogens with zero attached hydrogens (tertiary/aromatic N) is 2. The number of hydrogen-bond donors (Lipinski definition) is 0. The molecule has 19 heavy (non-hydrogen) atoms. The number of carbonyl (C=O) groups excluding carboxylic acids is 1. The number of Topliss-reactive ketones (excluding diaryl/α,β-unsaturated/α-hetero) is 1. The number of pyridine rings is 1. The van der Waals surface area contributed by atoms with Gasteiger partial charge in [-0.3, -0.25) is 4.79 Å². The Morgan fingerprint density at radius 1 is 1.37 bits per heavy atom. The first-order valence-corrected chi connectivity index (χ1v) is 6.96. The summed E-state index contributed by atoms with van der Waals surface area (Å²) in [4.78, 5) is 19.2. The summed E-state index contributed by atoms with van der Waals surface area (Å²) in [6.45, 7) is 0. The molecule has 2 aliphatic rings. The maximum absolute atomic E-state index is 12.7. The standard InChI is InChI=1S/C15H20N2O2/c1-17-11-5-6-12(17)9-10(8-11)14(18)13-4-3-7-16-15(13)19-2/h3-4,7,10-12H,5-6,8-9H2,1-2H3. The summed E-state index contributed by atoms with van der Waals surface area (Å²) in [6, 6.07) is 4.79. The van der Waals surface area contributed by atoms with Gasteiger partial charge >= 0.3 is 0 Å². The van der Waals surface area contributed by atoms with Crippen molar-refractivity contribution >= 4 is 5.78 Å². The molecule has 1 aromatic heterocycles. The molecular weight excluding hydrogens is 240 g/mol. The van der Waals surface area contributed by atoms with Crippen molar-refractivity contribution < 1.29 is 9.53 Å². The fourth-order valence-corrected chi connectivity index (χ4v) is 3.59. The highest BCUT2D eigenvalue weighted by Gasteiger charge is 2.41. The predicted octanol–water partition coefficient (Wildman–Crippen LogP) is 2.15. The van der Waals surface area contributed by atoms with E-state index in [0.29, 0.717) is 23.5 Å². The zero-order valence-corrected chi connectivity index (χ0v) is 11.5. The van der Waals surface area contributed by atoms with Crippen LogP contribution in [-0.4, -0.2) is 41.9 Å². The Hall–Kier alpha value is -1.42. The first kappa shape index (κ1) is 12.6. The lowest BCUT2D eigenvalue weighted by Gasteiger charge is -2.35. The molecule has 102 valence electrons. The number of methoxy groups -OCH3 is 1. The fraction of sp³-hybridized carbons (Fsp3) is 0.600. The normalized spacial score (nSPS) is 30.3. The number of carbonyl (C=O) groups is 1. The molecule has 2 fully saturated rings. The van der Waals surface area contributed by atoms with E-state index in [1.165, 1.54) is 12.8 Å². The molecule has 0 spiro atoms. The molecule has 2 aliphatic heterocycles. The Kier molecular flexibility index (Phi) is 3.27. The van der Waals surface area contributed by atoms with Crippen LogP contribution in [-0.2, 0) is 0 Å². The van der Waals surface area contributed by atoms with Crippen LogP contribution in [0.2, 0.25) is 0 Å². The molecule has 0 aromatic carbocycles. The first-order chi connectivity index (χ1) is 9.20. The van der Waals surface area contributed by atoms with E-state index in [9.17, 15) is 4.79 Å². The summed E-state index contributed by atoms with van der Waals surface area (Å²) >= 11 is 0. The average Bonchev–Trinajstić information content (AvgIpc) is 2.68. The lowest BCUT2D eigenvalue weighted by atomic mass is 9.85. The Morgan fingerprint density at radius 3 is 2.68 bits per heavy atom. The molecular formula is C15H20N2O2. The largest absolute Gasteiger partial charge is 0.480 e. The second-order valence-electron chi connectivity index (χ2n) is 5.64. The molecule has 2 saturated heterocycles. The molecule has 3 heterocycles. The van der Waals surface area contributed by atoms with Crippen molar-refractivity contribution in [3.05, 3.63) is 23.9 Å². The van der Waals surface area contributed by atoms with Gasteiger partial charge in [-0.05, 0) is 44.9 Å². The van der Waals surface area contributed by atoms with E-state index in [2.05, 4.69) is 16.9 Å². The summed E-state index contributed by atoms with van der Waals surface area (Å²) in [5.74, 6) is 0.792. The van der Waals surface area contributed by atoms with Crippen LogP contribution in [0.5, 0.6) is 5.88 Å². The Labute approximate surface area is 113 Å². The number of fused-ring (bicyclic) bond motifs is 2. The van der Waals surface area contributed by atoms with E-state index in [1.54, 1.807) is 19.4 Å². The fourth-order valence-electron chi connectivity index (χ4n) is 3.59. The highest BCUT2D eigenvalue weighted by molar-refractivity contribution is 5.99. The third-order valence-electron chi connectivity index (χ3n) is 4.70. The van der Waals surface area contributed by atoms with Crippen LogP contribution in [0.3, 0.4) is 0 Å². The van der Waals surface area contributed by atoms with E-state index < -0.39 is 0 Å². The van der Waals surface area contributed by atoms with Crippen LogP contribution in [0.15, 0.2) is 18.3 Å². The molecule has 1 aromatic rings. The molecule has 0 radical (unpaired) electrons. The second-order valence-corrected chi connectivity index (χ2v) is 5.64. The van der Waals surface area contributed by atoms with Crippen molar-refractivity contribution in [3.63, 3.8) is 0 Å². The Bertz CT molecular complexity index is 475. The van der Waals surface area contributed by atoms with Gasteiger partial charge in [-0.2, -0.15) is 0 Å². The van der Waals surface area contributed by atoms with E-state index in [0.717, 1.165) is 12.8 Å². The summed E-state index contributed by atoms with van der Waals surface area (Å²) < 4.78 is 5.21. The predicted molar refractivity (Wildman–Crippen MR) is 72.4 cm³/mol. The van der Waals surface area contributed by atoms with Crippen LogP contribution >= 0.6 is 0 Å². The summed E-state index contributed by atoms with van der Waals surface area (Å²) in [7, 11) is 3.76. The van der Waals surface area contributed by atoms with Crippen molar-refractivity contribution in [2.75, 3.05) is 14.2 Å². The molecule has 0 aliphatic carbocycles. The minimum Gasteiger partial charge on any atom is -0.480 e. The minimum absolute atomic E-state index is 0.131. The third-order valence-corrected chi connectivity index (χ3v) is 4.70. The minimum atomic E-state index is 0.131. The van der Waals surface area contributed by atoms with Crippen LogP contribution in [0.25, 0.3) is 0 Å². The van der Waals surface area contributed by atoms with Crippen LogP contribution in [0.1, 0.15) is 36.0 Å². The Balaban J connectivity index is 1.81. The Morgan fingerprint density at radius 2 is 2.05 bits per heavy atom. The smallest absolute Gasteiger partial charge is 0.224 e. The van der Waals surface area contributed by atoms with Gasteiger partial charge in [0.15, 0.2) is 5.78 Å². The molecule has 0 saturated carbocycles. The van der Waals surface area contributed by atoms with E-state index in [1.807, 2.05) is 6.07 Å². The lowest BCUT2D eigenvalue weighted by Crippen LogP contribution is -2.42. The number of piperidine rings is 1. The first-order valence-electron chi connectivity index (χ1n) is 6.96. The van der Waals surface area contributed by atoms with Gasteiger partial charge in [0.1, 0.15) is 0 Å². The zero-order valence-electron chi connectivity index (χ0n) is 11.5. The molecule has 2 atom stereocenters. The summed E-state index contributed by atoms with van der Waals surface area (Å²) in [5.41, 5.74) is 0.638. The third kappa shape index (κ3) is 2.14. The van der Waals surface area contributed by atoms with Crippen molar-refractivity contribution in [1.82, 2.24) is 9.88 Å². The van der Waals surface area contributed by atoms with Gasteiger partial charge < -0.3 is 9.64 Å². The molecule has 0 amide bonds. The van der Waals surface area contributed by atoms with Crippen molar-refractivity contribution in [2.24, 2.45) is 5.92 Å². The molecule has 2 unspecified atom stereocenters. The van der Waals surface area contributed by atoms with E-state index >= 15 is 0 Å². The SMILES string of the molecule is COc1ncccc1C(=O)C1CC2CCC(C1)N2C. The molecule has 4 nitrogen and oxygen atoms in total. The number of hydrogen-bond acceptors (Lipinski definition) is 4. The van der Waals surface area contributed by atoms with Gasteiger partial charge in [0.25, 0.3) is 0 Å². The van der Waals surface area contributed by atoms with Gasteiger partial charge in [-0.25, -0.2) is 4.98 Å². The molecule has 3 rings (SSSR count). The second kappa shape index (κ2) is 4.93. The van der Waals surface area contributed by atoms with Crippen LogP contribution < -0.4 is 4.74 Å². The van der Waals surface area contributed by atoms with Gasteiger partial charge in [0.2, 0.25) is 5.88 Å². The van der Waals surface area contributed by atoms with Gasteiger partial charge in [0, 0.05) is 24.2 Å². The van der Waals surface area contributed by atoms with Gasteiger partial charge in [-0.15, -0.1) is 0 Å². The van der Waals surface area contributed by atoms with Crippen molar-refractivity contribution in [1.29, 1.82) is 0 Å². The quantitative estimate of drug-likeness (QED) is 0.781. The van der Waals surface area contributed by atoms with E-state index in [4.69, 9.17) is 4.74 Å². The highest BCUT2D eigenvalue weighted by atomic mass is 16.5. The summed E-state index contributed by atoms with van der Waals surface area (Å²) in [5, 5.41) is 0. The highest BCUT2D eigenvalue weighted by Crippen LogP contribution is 2.39. The summed E-state index contributed by atoms with van der Waals surface area (Å²) in [6.07, 6.45) is 6.08. The molecule has 0 N–H and O–H groups in total. The molecule has 2 bridgehead atoms. The van der Waals surface area contributed by atoms with E-state index in [-0.39, 0.29) is 11.7 Å². The number of ether oxygens (including phenoxy) is 1. The van der Waals surface area contributed by atoms with Crippen molar-refractivity contribution in [3.8, 4) is 5.88 Å².